The molecule has 0 unspecified atom stereocenters. The van der Waals surface area contributed by atoms with Crippen LogP contribution in [0.25, 0.3) is 10.2 Å². The van der Waals surface area contributed by atoms with Crippen molar-refractivity contribution in [2.45, 2.75) is 0 Å². The van der Waals surface area contributed by atoms with E-state index in [1.165, 1.54) is 9.91 Å². The van der Waals surface area contributed by atoms with E-state index in [1.807, 2.05) is 24.3 Å². The number of hydrazine groups is 1. The third-order valence-electron chi connectivity index (χ3n) is 3.16. The number of rotatable bonds is 1. The van der Waals surface area contributed by atoms with E-state index in [2.05, 4.69) is 20.6 Å². The monoisotopic (exact) mass is 286 g/mol. The van der Waals surface area contributed by atoms with Crippen molar-refractivity contribution in [3.8, 4) is 0 Å². The number of benzene rings is 1. The Morgan fingerprint density at radius 2 is 2.20 bits per heavy atom. The van der Waals surface area contributed by atoms with E-state index < -0.39 is 0 Å². The molecule has 2 aromatic rings. The van der Waals surface area contributed by atoms with Crippen LogP contribution in [0.2, 0.25) is 0 Å². The molecule has 1 aromatic heterocycles. The van der Waals surface area contributed by atoms with Gasteiger partial charge in [0.2, 0.25) is 0 Å². The van der Waals surface area contributed by atoms with E-state index >= 15 is 0 Å². The van der Waals surface area contributed by atoms with Crippen molar-refractivity contribution in [2.24, 2.45) is 10.1 Å². The number of thiazole rings is 1. The number of aromatic nitrogens is 1. The Bertz CT molecular complexity index is 746. The number of hydrogen-bond acceptors (Lipinski definition) is 6. The summed E-state index contributed by atoms with van der Waals surface area (Å²) in [5, 5.41) is 6.29. The van der Waals surface area contributed by atoms with Gasteiger partial charge >= 0.3 is 6.03 Å². The summed E-state index contributed by atoms with van der Waals surface area (Å²) >= 11 is 1.55. The Kier molecular flexibility index (Phi) is 2.27. The Labute approximate surface area is 118 Å². The Balaban J connectivity index is 1.78. The quantitative estimate of drug-likeness (QED) is 0.857. The molecule has 0 saturated carbocycles. The van der Waals surface area contributed by atoms with Crippen molar-refractivity contribution in [3.05, 3.63) is 29.3 Å². The smallest absolute Gasteiger partial charge is 0.256 e. The number of aliphatic imine (C=N–C) groups is 1. The van der Waals surface area contributed by atoms with Gasteiger partial charge in [0.25, 0.3) is 0 Å². The standard InChI is InChI=1S/C12H10N6OS/c1-17-12(19)18-6-13-9(10(18)15-16-17)11-14-7-4-2-3-5-8(7)20-11/h2-5,16H,6H2,1H3. The second kappa shape index (κ2) is 4.01. The zero-order valence-corrected chi connectivity index (χ0v) is 11.4. The summed E-state index contributed by atoms with van der Waals surface area (Å²) in [6, 6.07) is 7.74. The Hall–Kier alpha value is -2.48. The summed E-state index contributed by atoms with van der Waals surface area (Å²) in [7, 11) is 1.62. The molecule has 2 amide bonds. The van der Waals surface area contributed by atoms with Gasteiger partial charge in [0.15, 0.2) is 5.84 Å². The zero-order chi connectivity index (χ0) is 13.7. The maximum absolute atomic E-state index is 12.0. The molecular weight excluding hydrogens is 276 g/mol. The summed E-state index contributed by atoms with van der Waals surface area (Å²) < 4.78 is 1.09. The van der Waals surface area contributed by atoms with Gasteiger partial charge in [-0.1, -0.05) is 12.1 Å². The lowest BCUT2D eigenvalue weighted by Gasteiger charge is -2.27. The Morgan fingerprint density at radius 3 is 3.05 bits per heavy atom. The first kappa shape index (κ1) is 11.4. The van der Waals surface area contributed by atoms with Crippen LogP contribution < -0.4 is 5.53 Å². The Morgan fingerprint density at radius 1 is 1.35 bits per heavy atom. The van der Waals surface area contributed by atoms with Crippen LogP contribution in [0.15, 0.2) is 34.4 Å². The van der Waals surface area contributed by atoms with Crippen LogP contribution >= 0.6 is 11.3 Å². The first-order valence-electron chi connectivity index (χ1n) is 6.03. The SMILES string of the molecule is CN1NN=C2C(c3nc4ccccc4s3)=NCN2C1=O. The molecule has 8 heteroatoms. The third kappa shape index (κ3) is 1.51. The van der Waals surface area contributed by atoms with Crippen LogP contribution in [0.1, 0.15) is 5.01 Å². The number of nitrogens with zero attached hydrogens (tertiary/aromatic N) is 5. The van der Waals surface area contributed by atoms with Crippen LogP contribution in [0, 0.1) is 0 Å². The number of carbonyl (C=O) groups excluding carboxylic acids is 1. The van der Waals surface area contributed by atoms with Gasteiger partial charge in [-0.3, -0.25) is 9.89 Å². The molecule has 20 heavy (non-hydrogen) atoms. The molecular formula is C12H10N6OS. The number of fused-ring (bicyclic) bond motifs is 2. The molecule has 0 fully saturated rings. The average molecular weight is 286 g/mol. The lowest BCUT2D eigenvalue weighted by atomic mass is 10.3. The minimum absolute atomic E-state index is 0.171. The summed E-state index contributed by atoms with van der Waals surface area (Å²) in [6.45, 7) is 0.287. The second-order valence-corrected chi connectivity index (χ2v) is 5.47. The summed E-state index contributed by atoms with van der Waals surface area (Å²) in [6.07, 6.45) is 0. The van der Waals surface area contributed by atoms with Gasteiger partial charge in [0.1, 0.15) is 17.4 Å². The summed E-state index contributed by atoms with van der Waals surface area (Å²) in [5.41, 5.74) is 4.26. The summed E-state index contributed by atoms with van der Waals surface area (Å²) in [4.78, 5) is 22.5. The molecule has 1 aromatic carbocycles. The molecule has 0 atom stereocenters. The number of amidine groups is 1. The fourth-order valence-electron chi connectivity index (χ4n) is 2.15. The number of carbonyl (C=O) groups is 1. The maximum Gasteiger partial charge on any atom is 0.346 e. The van der Waals surface area contributed by atoms with E-state index in [1.54, 1.807) is 18.4 Å². The topological polar surface area (TPSA) is 73.2 Å². The van der Waals surface area contributed by atoms with E-state index in [0.29, 0.717) is 11.5 Å². The molecule has 2 aliphatic heterocycles. The lowest BCUT2D eigenvalue weighted by Crippen LogP contribution is -2.53. The number of amides is 2. The fourth-order valence-corrected chi connectivity index (χ4v) is 3.12. The van der Waals surface area contributed by atoms with Crippen LogP contribution in [0.4, 0.5) is 4.79 Å². The van der Waals surface area contributed by atoms with Crippen LogP contribution in [0.5, 0.6) is 0 Å². The number of hydrazone groups is 1. The highest BCUT2D eigenvalue weighted by Crippen LogP contribution is 2.25. The van der Waals surface area contributed by atoms with Gasteiger partial charge in [-0.05, 0) is 12.1 Å². The number of para-hydroxylation sites is 1. The van der Waals surface area contributed by atoms with E-state index in [0.717, 1.165) is 15.2 Å². The van der Waals surface area contributed by atoms with Crippen molar-refractivity contribution >= 4 is 39.1 Å². The van der Waals surface area contributed by atoms with Crippen LogP contribution in [-0.2, 0) is 0 Å². The number of hydrogen-bond donors (Lipinski definition) is 1. The summed E-state index contributed by atoms with van der Waals surface area (Å²) in [5.74, 6) is 0.534. The highest BCUT2D eigenvalue weighted by Gasteiger charge is 2.36. The van der Waals surface area contributed by atoms with Gasteiger partial charge in [0.05, 0.1) is 10.2 Å². The first-order valence-corrected chi connectivity index (χ1v) is 6.85. The van der Waals surface area contributed by atoms with Crippen molar-refractivity contribution in [3.63, 3.8) is 0 Å². The van der Waals surface area contributed by atoms with Gasteiger partial charge in [-0.15, -0.1) is 16.4 Å². The number of nitrogens with one attached hydrogen (secondary N) is 1. The van der Waals surface area contributed by atoms with Gasteiger partial charge in [-0.2, -0.15) is 0 Å². The van der Waals surface area contributed by atoms with Crippen molar-refractivity contribution in [1.82, 2.24) is 20.4 Å². The number of urea groups is 1. The molecule has 0 saturated heterocycles. The highest BCUT2D eigenvalue weighted by atomic mass is 32.1. The normalized spacial score (nSPS) is 17.9. The highest BCUT2D eigenvalue weighted by molar-refractivity contribution is 7.21. The van der Waals surface area contributed by atoms with Gasteiger partial charge < -0.3 is 0 Å². The van der Waals surface area contributed by atoms with E-state index in [9.17, 15) is 4.79 Å². The predicted molar refractivity (Wildman–Crippen MR) is 76.6 cm³/mol. The van der Waals surface area contributed by atoms with Crippen molar-refractivity contribution in [1.29, 1.82) is 0 Å². The van der Waals surface area contributed by atoms with E-state index in [-0.39, 0.29) is 12.7 Å². The van der Waals surface area contributed by atoms with Gasteiger partial charge in [-0.25, -0.2) is 20.3 Å². The van der Waals surface area contributed by atoms with Crippen LogP contribution in [0.3, 0.4) is 0 Å². The van der Waals surface area contributed by atoms with Gasteiger partial charge in [0, 0.05) is 7.05 Å². The minimum Gasteiger partial charge on any atom is -0.256 e. The fraction of sp³-hybridized carbons (Fsp3) is 0.167. The molecule has 0 aliphatic carbocycles. The lowest BCUT2D eigenvalue weighted by molar-refractivity contribution is 0.159. The predicted octanol–water partition coefficient (Wildman–Crippen LogP) is 1.24. The molecule has 0 bridgehead atoms. The van der Waals surface area contributed by atoms with Crippen molar-refractivity contribution in [2.75, 3.05) is 13.7 Å². The maximum atomic E-state index is 12.0. The first-order chi connectivity index (χ1) is 9.74. The largest absolute Gasteiger partial charge is 0.346 e. The average Bonchev–Trinajstić information content (AvgIpc) is 3.06. The minimum atomic E-state index is -0.171. The van der Waals surface area contributed by atoms with Crippen molar-refractivity contribution < 1.29 is 4.79 Å². The third-order valence-corrected chi connectivity index (χ3v) is 4.20. The van der Waals surface area contributed by atoms with E-state index in [4.69, 9.17) is 0 Å². The molecule has 7 nitrogen and oxygen atoms in total. The zero-order valence-electron chi connectivity index (χ0n) is 10.6. The molecule has 3 heterocycles. The molecule has 100 valence electrons. The molecule has 0 radical (unpaired) electrons. The molecule has 1 N–H and O–H groups in total. The second-order valence-electron chi connectivity index (χ2n) is 4.44. The molecule has 2 aliphatic rings. The van der Waals surface area contributed by atoms with Crippen LogP contribution in [-0.4, -0.2) is 46.2 Å². The molecule has 4 rings (SSSR count). The molecule has 0 spiro atoms.